The second-order valence-electron chi connectivity index (χ2n) is 17.9. The number of nitrogens with zero attached hydrogens (tertiary/aromatic N) is 2. The molecule has 5 aromatic carbocycles. The van der Waals surface area contributed by atoms with Gasteiger partial charge in [0.25, 0.3) is 0 Å². The van der Waals surface area contributed by atoms with Crippen LogP contribution in [0.5, 0.6) is 0 Å². The number of ketones is 1. The quantitative estimate of drug-likeness (QED) is 0.0888. The summed E-state index contributed by atoms with van der Waals surface area (Å²) in [6, 6.07) is 42.6. The Morgan fingerprint density at radius 2 is 1.21 bits per heavy atom. The van der Waals surface area contributed by atoms with Gasteiger partial charge in [-0.05, 0) is 100.0 Å². The summed E-state index contributed by atoms with van der Waals surface area (Å²) in [7, 11) is 3.58. The number of likely N-dealkylation sites (tertiary alicyclic amines) is 2. The molecule has 0 amide bonds. The number of aliphatic hydroxyl groups excluding tert-OH is 1. The topological polar surface area (TPSA) is 93.8 Å². The average molecular weight is 871 g/mol. The van der Waals surface area contributed by atoms with Gasteiger partial charge in [0.1, 0.15) is 11.5 Å². The number of aromatic nitrogens is 2. The fourth-order valence-corrected chi connectivity index (χ4v) is 10.3. The van der Waals surface area contributed by atoms with Crippen molar-refractivity contribution in [2.75, 3.05) is 40.4 Å². The first-order chi connectivity index (χ1) is 32.3. The SMILES string of the molecule is COC1CCN(Cc2ccc(C#CC3(C#Cc4ccc(CN5CCC(OC)C5)cc4)C=CC=C(C(O)C(=O)c4ccccc4)C3(c3ccc4cc[nH]c4c3)c3ccc4cc[nH]c4c3)cc2)C1. The zero-order valence-electron chi connectivity index (χ0n) is 37.5. The Balaban J connectivity index is 1.16. The predicted molar refractivity (Wildman–Crippen MR) is 262 cm³/mol. The van der Waals surface area contributed by atoms with Crippen molar-refractivity contribution in [2.45, 2.75) is 49.7 Å². The summed E-state index contributed by atoms with van der Waals surface area (Å²) < 4.78 is 11.3. The molecule has 66 heavy (non-hydrogen) atoms. The maximum Gasteiger partial charge on any atom is 0.195 e. The number of H-pyrrole nitrogens is 2. The highest BCUT2D eigenvalue weighted by molar-refractivity contribution is 6.02. The molecule has 2 aliphatic heterocycles. The van der Waals surface area contributed by atoms with Crippen molar-refractivity contribution in [3.63, 3.8) is 0 Å². The van der Waals surface area contributed by atoms with Gasteiger partial charge >= 0.3 is 0 Å². The van der Waals surface area contributed by atoms with E-state index >= 15 is 0 Å². The number of hydrogen-bond acceptors (Lipinski definition) is 6. The Morgan fingerprint density at radius 1 is 0.697 bits per heavy atom. The number of aliphatic hydroxyl groups is 1. The van der Waals surface area contributed by atoms with Gasteiger partial charge in [-0.15, -0.1) is 0 Å². The molecule has 4 heterocycles. The number of aromatic amines is 2. The van der Waals surface area contributed by atoms with Crippen LogP contribution in [-0.2, 0) is 28.0 Å². The van der Waals surface area contributed by atoms with Gasteiger partial charge in [0.15, 0.2) is 5.78 Å². The lowest BCUT2D eigenvalue weighted by Crippen LogP contribution is -2.51. The van der Waals surface area contributed by atoms with Crippen LogP contribution in [0.1, 0.15) is 56.6 Å². The number of Topliss-reactive ketones (excluding diaryl/α,β-unsaturated/α-hetero) is 1. The van der Waals surface area contributed by atoms with Gasteiger partial charge in [-0.3, -0.25) is 14.6 Å². The first kappa shape index (κ1) is 43.2. The predicted octanol–water partition coefficient (Wildman–Crippen LogP) is 9.21. The summed E-state index contributed by atoms with van der Waals surface area (Å²) >= 11 is 0. The molecule has 3 unspecified atom stereocenters. The van der Waals surface area contributed by atoms with Gasteiger partial charge in [0, 0.05) is 93.6 Å². The molecule has 1 aliphatic carbocycles. The number of benzene rings is 5. The normalized spacial score (nSPS) is 21.0. The van der Waals surface area contributed by atoms with E-state index < -0.39 is 22.7 Å². The third kappa shape index (κ3) is 8.35. The second-order valence-corrected chi connectivity index (χ2v) is 17.9. The minimum absolute atomic E-state index is 0.268. The highest BCUT2D eigenvalue weighted by Gasteiger charge is 2.57. The van der Waals surface area contributed by atoms with E-state index in [9.17, 15) is 9.90 Å². The van der Waals surface area contributed by atoms with E-state index in [2.05, 4.69) is 134 Å². The lowest BCUT2D eigenvalue weighted by Gasteiger charge is -2.49. The van der Waals surface area contributed by atoms with Crippen LogP contribution in [0, 0.1) is 29.1 Å². The van der Waals surface area contributed by atoms with Crippen LogP contribution in [0.2, 0.25) is 0 Å². The Hall–Kier alpha value is -6.75. The number of rotatable bonds is 11. The van der Waals surface area contributed by atoms with E-state index in [1.807, 2.05) is 54.9 Å². The number of fused-ring (bicyclic) bond motifs is 2. The summed E-state index contributed by atoms with van der Waals surface area (Å²) in [5.74, 6) is 14.4. The molecule has 10 rings (SSSR count). The number of methoxy groups -OCH3 is 2. The number of nitrogens with one attached hydrogen (secondary N) is 2. The number of carbonyl (C=O) groups excluding carboxylic acids is 1. The molecule has 0 spiro atoms. The molecule has 330 valence electrons. The molecular weight excluding hydrogens is 817 g/mol. The number of carbonyl (C=O) groups is 1. The molecule has 7 aromatic rings. The maximum absolute atomic E-state index is 14.7. The Kier molecular flexibility index (Phi) is 12.2. The zero-order valence-corrected chi connectivity index (χ0v) is 37.5. The van der Waals surface area contributed by atoms with Gasteiger partial charge in [0.05, 0.1) is 17.6 Å². The summed E-state index contributed by atoms with van der Waals surface area (Å²) in [6.45, 7) is 5.51. The summed E-state index contributed by atoms with van der Waals surface area (Å²) in [6.07, 6.45) is 10.8. The number of ether oxygens (including phenoxy) is 2. The van der Waals surface area contributed by atoms with Gasteiger partial charge in [-0.1, -0.05) is 121 Å². The summed E-state index contributed by atoms with van der Waals surface area (Å²) in [5.41, 5.74) is 5.77. The maximum atomic E-state index is 14.7. The van der Waals surface area contributed by atoms with Crippen LogP contribution in [0.15, 0.2) is 164 Å². The Labute approximate surface area is 387 Å². The van der Waals surface area contributed by atoms with Gasteiger partial charge in [-0.25, -0.2) is 0 Å². The van der Waals surface area contributed by atoms with Crippen LogP contribution in [0.4, 0.5) is 0 Å². The molecule has 2 aromatic heterocycles. The highest BCUT2D eigenvalue weighted by Crippen LogP contribution is 2.56. The van der Waals surface area contributed by atoms with Crippen molar-refractivity contribution >= 4 is 27.6 Å². The number of hydrogen-bond donors (Lipinski definition) is 3. The van der Waals surface area contributed by atoms with Crippen LogP contribution >= 0.6 is 0 Å². The fourth-order valence-electron chi connectivity index (χ4n) is 10.3. The van der Waals surface area contributed by atoms with Crippen molar-refractivity contribution in [2.24, 2.45) is 5.41 Å². The van der Waals surface area contributed by atoms with Crippen molar-refractivity contribution in [3.8, 4) is 23.7 Å². The van der Waals surface area contributed by atoms with Gasteiger partial charge in [-0.2, -0.15) is 0 Å². The molecular formula is C58H54N4O4. The fraction of sp³-hybridized carbons (Fsp3) is 0.259. The van der Waals surface area contributed by atoms with Crippen LogP contribution in [0.3, 0.4) is 0 Å². The average Bonchev–Trinajstić information content (AvgIpc) is 4.21. The molecule has 3 atom stereocenters. The largest absolute Gasteiger partial charge is 0.380 e. The van der Waals surface area contributed by atoms with E-state index in [-0.39, 0.29) is 12.2 Å². The molecule has 2 fully saturated rings. The van der Waals surface area contributed by atoms with E-state index in [1.165, 1.54) is 11.1 Å². The third-order valence-electron chi connectivity index (χ3n) is 13.9. The molecule has 8 heteroatoms. The zero-order chi connectivity index (χ0) is 45.1. The molecule has 2 saturated heterocycles. The Morgan fingerprint density at radius 3 is 1.70 bits per heavy atom. The molecule has 3 N–H and O–H groups in total. The second kappa shape index (κ2) is 18.6. The van der Waals surface area contributed by atoms with E-state index in [1.54, 1.807) is 26.4 Å². The summed E-state index contributed by atoms with van der Waals surface area (Å²) in [4.78, 5) is 26.4. The molecule has 0 saturated carbocycles. The monoisotopic (exact) mass is 870 g/mol. The van der Waals surface area contributed by atoms with Crippen molar-refractivity contribution in [3.05, 3.63) is 203 Å². The molecule has 8 nitrogen and oxygen atoms in total. The highest BCUT2D eigenvalue weighted by atomic mass is 16.5. The molecule has 3 aliphatic rings. The van der Waals surface area contributed by atoms with Crippen molar-refractivity contribution in [1.82, 2.24) is 19.8 Å². The van der Waals surface area contributed by atoms with Gasteiger partial charge in [0.2, 0.25) is 0 Å². The van der Waals surface area contributed by atoms with Crippen LogP contribution in [0.25, 0.3) is 21.8 Å². The van der Waals surface area contributed by atoms with Crippen molar-refractivity contribution in [1.29, 1.82) is 0 Å². The minimum atomic E-state index is -1.55. The lowest BCUT2D eigenvalue weighted by molar-refractivity contribution is 0.0779. The third-order valence-corrected chi connectivity index (χ3v) is 13.9. The van der Waals surface area contributed by atoms with E-state index in [0.29, 0.717) is 11.1 Å². The van der Waals surface area contributed by atoms with E-state index in [4.69, 9.17) is 9.47 Å². The minimum Gasteiger partial charge on any atom is -0.380 e. The first-order valence-electron chi connectivity index (χ1n) is 22.9. The Bertz CT molecular complexity index is 2890. The van der Waals surface area contributed by atoms with E-state index in [0.717, 1.165) is 96.2 Å². The van der Waals surface area contributed by atoms with Gasteiger partial charge < -0.3 is 24.5 Å². The summed E-state index contributed by atoms with van der Waals surface area (Å²) in [5, 5.41) is 14.8. The van der Waals surface area contributed by atoms with Crippen LogP contribution in [-0.4, -0.2) is 89.4 Å². The standard InChI is InChI=1S/C58H54N4O4/c1-65-50-26-33-61(39-50)37-43-14-10-41(11-15-43)22-29-57(30-23-42-12-16-44(17-13-42)38-62-34-27-51(40-62)66-2)28-6-9-52(56(64)55(63)47-7-4-3-5-8-47)58(57,48-20-18-45-24-31-59-53(45)35-48)49-21-19-46-25-32-60-54(46)36-49/h3-21,24-25,28,31-32,35-36,50-51,56,59-60,64H,26-27,33-34,37-40H2,1-2H3. The smallest absolute Gasteiger partial charge is 0.195 e. The lowest BCUT2D eigenvalue weighted by atomic mass is 9.50. The first-order valence-corrected chi connectivity index (χ1v) is 22.9. The molecule has 0 bridgehead atoms. The van der Waals surface area contributed by atoms with Crippen LogP contribution < -0.4 is 0 Å². The molecule has 0 radical (unpaired) electrons. The number of allylic oxidation sites excluding steroid dienone is 3. The van der Waals surface area contributed by atoms with Crippen molar-refractivity contribution < 1.29 is 19.4 Å².